The van der Waals surface area contributed by atoms with Gasteiger partial charge in [0.15, 0.2) is 0 Å². The Morgan fingerprint density at radius 3 is 2.48 bits per heavy atom. The number of carboxylic acid groups (broad SMARTS) is 1. The lowest BCUT2D eigenvalue weighted by atomic mass is 9.82. The summed E-state index contributed by atoms with van der Waals surface area (Å²) >= 11 is 0. The van der Waals surface area contributed by atoms with E-state index in [9.17, 15) is 19.1 Å². The lowest BCUT2D eigenvalue weighted by Crippen LogP contribution is -2.43. The van der Waals surface area contributed by atoms with E-state index >= 15 is 0 Å². The summed E-state index contributed by atoms with van der Waals surface area (Å²) in [6, 6.07) is 6.34. The number of hydrogen-bond acceptors (Lipinski definition) is 2. The van der Waals surface area contributed by atoms with Gasteiger partial charge in [-0.25, -0.2) is 4.39 Å². The van der Waals surface area contributed by atoms with Gasteiger partial charge in [-0.15, -0.1) is 0 Å². The number of nitrogens with one attached hydrogen (secondary N) is 1. The first-order chi connectivity index (χ1) is 10.8. The fourth-order valence-electron chi connectivity index (χ4n) is 2.52. The molecule has 0 aliphatic heterocycles. The Hall–Kier alpha value is -1.91. The molecule has 2 N–H and O–H groups in total. The number of aryl methyl sites for hydroxylation is 1. The second kappa shape index (κ2) is 8.65. The third-order valence-corrected chi connectivity index (χ3v) is 4.61. The Labute approximate surface area is 137 Å². The number of hydrogen-bond donors (Lipinski definition) is 2. The molecule has 0 aliphatic carbocycles. The minimum absolute atomic E-state index is 0.137. The maximum Gasteiger partial charge on any atom is 0.311 e. The Morgan fingerprint density at radius 1 is 1.30 bits per heavy atom. The monoisotopic (exact) mass is 323 g/mol. The van der Waals surface area contributed by atoms with Crippen LogP contribution in [0, 0.1) is 17.2 Å². The largest absolute Gasteiger partial charge is 0.481 e. The third kappa shape index (κ3) is 5.34. The van der Waals surface area contributed by atoms with Crippen molar-refractivity contribution in [2.45, 2.75) is 46.5 Å². The molecule has 4 nitrogen and oxygen atoms in total. The van der Waals surface area contributed by atoms with Crippen molar-refractivity contribution in [3.63, 3.8) is 0 Å². The molecule has 0 aromatic heterocycles. The number of rotatable bonds is 9. The molecule has 0 saturated carbocycles. The standard InChI is InChI=1S/C18H26FNO3/c1-4-18(5-2,17(22)23)12-20-16(21)13(3)9-10-14-7-6-8-15(19)11-14/h6-8,11,13H,4-5,9-10,12H2,1-3H3,(H,20,21)(H,22,23). The molecule has 1 amide bonds. The number of aliphatic carboxylic acids is 1. The van der Waals surface area contributed by atoms with Gasteiger partial charge in [0.2, 0.25) is 5.91 Å². The van der Waals surface area contributed by atoms with Gasteiger partial charge in [-0.2, -0.15) is 0 Å². The second-order valence-electron chi connectivity index (χ2n) is 6.08. The van der Waals surface area contributed by atoms with Crippen molar-refractivity contribution < 1.29 is 19.1 Å². The first-order valence-corrected chi connectivity index (χ1v) is 8.10. The SMILES string of the molecule is CCC(CC)(CNC(=O)C(C)CCc1cccc(F)c1)C(=O)O. The zero-order valence-electron chi connectivity index (χ0n) is 14.1. The van der Waals surface area contributed by atoms with Crippen LogP contribution in [0.1, 0.15) is 45.6 Å². The van der Waals surface area contributed by atoms with Gasteiger partial charge in [0.1, 0.15) is 5.82 Å². The zero-order chi connectivity index (χ0) is 17.5. The molecule has 128 valence electrons. The molecule has 0 spiro atoms. The molecule has 0 aliphatic rings. The summed E-state index contributed by atoms with van der Waals surface area (Å²) in [7, 11) is 0. The van der Waals surface area contributed by atoms with Crippen LogP contribution in [-0.4, -0.2) is 23.5 Å². The maximum absolute atomic E-state index is 13.1. The second-order valence-corrected chi connectivity index (χ2v) is 6.08. The number of carbonyl (C=O) groups excluding carboxylic acids is 1. The molecular formula is C18H26FNO3. The van der Waals surface area contributed by atoms with Gasteiger partial charge in [-0.3, -0.25) is 9.59 Å². The highest BCUT2D eigenvalue weighted by atomic mass is 19.1. The van der Waals surface area contributed by atoms with Gasteiger partial charge < -0.3 is 10.4 Å². The molecule has 0 radical (unpaired) electrons. The predicted molar refractivity (Wildman–Crippen MR) is 87.5 cm³/mol. The molecule has 5 heteroatoms. The summed E-state index contributed by atoms with van der Waals surface area (Å²) in [5.41, 5.74) is -0.0514. The molecule has 0 fully saturated rings. The lowest BCUT2D eigenvalue weighted by Gasteiger charge is -2.27. The van der Waals surface area contributed by atoms with E-state index in [0.29, 0.717) is 25.7 Å². The highest BCUT2D eigenvalue weighted by molar-refractivity contribution is 5.80. The number of carboxylic acids is 1. The lowest BCUT2D eigenvalue weighted by molar-refractivity contribution is -0.149. The van der Waals surface area contributed by atoms with Gasteiger partial charge in [0, 0.05) is 12.5 Å². The normalized spacial score (nSPS) is 12.7. The summed E-state index contributed by atoms with van der Waals surface area (Å²) in [6.07, 6.45) is 2.14. The fourth-order valence-corrected chi connectivity index (χ4v) is 2.52. The minimum atomic E-state index is -0.905. The zero-order valence-corrected chi connectivity index (χ0v) is 14.1. The van der Waals surface area contributed by atoms with E-state index in [0.717, 1.165) is 5.56 Å². The van der Waals surface area contributed by atoms with Crippen LogP contribution < -0.4 is 5.32 Å². The quantitative estimate of drug-likeness (QED) is 0.732. The highest BCUT2D eigenvalue weighted by Crippen LogP contribution is 2.26. The van der Waals surface area contributed by atoms with Crippen LogP contribution in [0.15, 0.2) is 24.3 Å². The van der Waals surface area contributed by atoms with Crippen molar-refractivity contribution >= 4 is 11.9 Å². The molecule has 1 unspecified atom stereocenters. The Bertz CT molecular complexity index is 541. The molecule has 0 bridgehead atoms. The van der Waals surface area contributed by atoms with Crippen LogP contribution in [0.2, 0.25) is 0 Å². The van der Waals surface area contributed by atoms with Crippen LogP contribution in [0.4, 0.5) is 4.39 Å². The fraction of sp³-hybridized carbons (Fsp3) is 0.556. The Balaban J connectivity index is 2.52. The van der Waals surface area contributed by atoms with Gasteiger partial charge >= 0.3 is 5.97 Å². The summed E-state index contributed by atoms with van der Waals surface area (Å²) in [5.74, 6) is -1.57. The summed E-state index contributed by atoms with van der Waals surface area (Å²) in [4.78, 5) is 23.6. The van der Waals surface area contributed by atoms with Gasteiger partial charge in [0.25, 0.3) is 0 Å². The van der Waals surface area contributed by atoms with Gasteiger partial charge in [-0.1, -0.05) is 32.9 Å². The van der Waals surface area contributed by atoms with E-state index in [1.54, 1.807) is 13.0 Å². The van der Waals surface area contributed by atoms with Crippen LogP contribution in [0.5, 0.6) is 0 Å². The minimum Gasteiger partial charge on any atom is -0.481 e. The third-order valence-electron chi connectivity index (χ3n) is 4.61. The molecule has 1 atom stereocenters. The smallest absolute Gasteiger partial charge is 0.311 e. The number of amides is 1. The highest BCUT2D eigenvalue weighted by Gasteiger charge is 2.35. The average Bonchev–Trinajstić information content (AvgIpc) is 2.53. The first kappa shape index (κ1) is 19.1. The molecule has 1 aromatic rings. The van der Waals surface area contributed by atoms with Crippen molar-refractivity contribution in [1.29, 1.82) is 0 Å². The summed E-state index contributed by atoms with van der Waals surface area (Å²) < 4.78 is 13.1. The van der Waals surface area contributed by atoms with Crippen molar-refractivity contribution in [2.75, 3.05) is 6.54 Å². The molecular weight excluding hydrogens is 297 g/mol. The molecule has 1 aromatic carbocycles. The molecule has 1 rings (SSSR count). The van der Waals surface area contributed by atoms with E-state index in [-0.39, 0.29) is 24.2 Å². The number of carbonyl (C=O) groups is 2. The average molecular weight is 323 g/mol. The molecule has 0 heterocycles. The van der Waals surface area contributed by atoms with Crippen LogP contribution in [-0.2, 0) is 16.0 Å². The van der Waals surface area contributed by atoms with E-state index in [1.807, 2.05) is 19.9 Å². The first-order valence-electron chi connectivity index (χ1n) is 8.10. The van der Waals surface area contributed by atoms with Crippen LogP contribution >= 0.6 is 0 Å². The Kier molecular flexibility index (Phi) is 7.20. The van der Waals surface area contributed by atoms with Crippen LogP contribution in [0.3, 0.4) is 0 Å². The Morgan fingerprint density at radius 2 is 1.96 bits per heavy atom. The maximum atomic E-state index is 13.1. The van der Waals surface area contributed by atoms with Crippen molar-refractivity contribution in [3.05, 3.63) is 35.6 Å². The topological polar surface area (TPSA) is 66.4 Å². The van der Waals surface area contributed by atoms with E-state index in [1.165, 1.54) is 12.1 Å². The summed E-state index contributed by atoms with van der Waals surface area (Å²) in [6.45, 7) is 5.57. The summed E-state index contributed by atoms with van der Waals surface area (Å²) in [5, 5.41) is 12.1. The van der Waals surface area contributed by atoms with E-state index < -0.39 is 11.4 Å². The number of benzene rings is 1. The van der Waals surface area contributed by atoms with Crippen molar-refractivity contribution in [3.8, 4) is 0 Å². The molecule has 23 heavy (non-hydrogen) atoms. The van der Waals surface area contributed by atoms with Crippen molar-refractivity contribution in [2.24, 2.45) is 11.3 Å². The van der Waals surface area contributed by atoms with E-state index in [2.05, 4.69) is 5.32 Å². The van der Waals surface area contributed by atoms with Crippen LogP contribution in [0.25, 0.3) is 0 Å². The van der Waals surface area contributed by atoms with Crippen molar-refractivity contribution in [1.82, 2.24) is 5.32 Å². The van der Waals surface area contributed by atoms with Gasteiger partial charge in [0.05, 0.1) is 5.41 Å². The molecule has 0 saturated heterocycles. The number of halogens is 1. The predicted octanol–water partition coefficient (Wildman–Crippen LogP) is 3.40. The van der Waals surface area contributed by atoms with E-state index in [4.69, 9.17) is 0 Å². The van der Waals surface area contributed by atoms with Gasteiger partial charge in [-0.05, 0) is 43.4 Å².